The van der Waals surface area contributed by atoms with Crippen LogP contribution in [0.3, 0.4) is 0 Å². The van der Waals surface area contributed by atoms with Gasteiger partial charge in [0, 0.05) is 17.8 Å². The molecule has 2 aromatic carbocycles. The van der Waals surface area contributed by atoms with Crippen molar-refractivity contribution in [1.82, 2.24) is 15.3 Å². The number of anilines is 2. The number of methoxy groups -OCH3 is 1. The Kier molecular flexibility index (Phi) is 5.83. The molecule has 2 N–H and O–H groups in total. The molecule has 0 atom stereocenters. The summed E-state index contributed by atoms with van der Waals surface area (Å²) in [7, 11) is 1.54. The summed E-state index contributed by atoms with van der Waals surface area (Å²) in [6, 6.07) is 12.5. The number of halogens is 2. The first-order chi connectivity index (χ1) is 13.0. The largest absolute Gasteiger partial charge is 0.495 e. The van der Waals surface area contributed by atoms with Crippen molar-refractivity contribution in [3.63, 3.8) is 0 Å². The Morgan fingerprint density at radius 2 is 1.96 bits per heavy atom. The first-order valence-corrected chi connectivity index (χ1v) is 8.39. The molecule has 1 heterocycles. The lowest BCUT2D eigenvalue weighted by Gasteiger charge is -2.11. The zero-order chi connectivity index (χ0) is 19.2. The first-order valence-electron chi connectivity index (χ1n) is 8.01. The van der Waals surface area contributed by atoms with E-state index in [9.17, 15) is 9.18 Å². The smallest absolute Gasteiger partial charge is 0.270 e. The van der Waals surface area contributed by atoms with Crippen molar-refractivity contribution >= 4 is 29.1 Å². The molecule has 0 radical (unpaired) electrons. The maximum absolute atomic E-state index is 12.9. The van der Waals surface area contributed by atoms with Crippen molar-refractivity contribution in [2.75, 3.05) is 12.4 Å². The number of rotatable bonds is 6. The van der Waals surface area contributed by atoms with Crippen LogP contribution in [0.5, 0.6) is 5.75 Å². The van der Waals surface area contributed by atoms with Gasteiger partial charge in [-0.3, -0.25) is 4.79 Å². The summed E-state index contributed by atoms with van der Waals surface area (Å²) in [5.74, 6) is 0.0926. The van der Waals surface area contributed by atoms with Crippen LogP contribution in [0.25, 0.3) is 0 Å². The van der Waals surface area contributed by atoms with Gasteiger partial charge >= 0.3 is 0 Å². The maximum Gasteiger partial charge on any atom is 0.270 e. The van der Waals surface area contributed by atoms with Crippen molar-refractivity contribution < 1.29 is 13.9 Å². The summed E-state index contributed by atoms with van der Waals surface area (Å²) in [4.78, 5) is 20.6. The van der Waals surface area contributed by atoms with Crippen molar-refractivity contribution in [2.24, 2.45) is 0 Å². The molecule has 0 saturated carbocycles. The minimum Gasteiger partial charge on any atom is -0.495 e. The molecule has 0 bridgehead atoms. The summed E-state index contributed by atoms with van der Waals surface area (Å²) in [5, 5.41) is 6.24. The molecular formula is C19H16ClFN4O2. The summed E-state index contributed by atoms with van der Waals surface area (Å²) < 4.78 is 18.2. The molecule has 0 aliphatic heterocycles. The Bertz CT molecular complexity index is 951. The van der Waals surface area contributed by atoms with Crippen molar-refractivity contribution in [2.45, 2.75) is 6.54 Å². The van der Waals surface area contributed by atoms with Gasteiger partial charge in [-0.2, -0.15) is 0 Å². The number of amides is 1. The average molecular weight is 387 g/mol. The number of benzene rings is 2. The van der Waals surface area contributed by atoms with Gasteiger partial charge in [-0.25, -0.2) is 14.4 Å². The average Bonchev–Trinajstić information content (AvgIpc) is 2.68. The lowest BCUT2D eigenvalue weighted by atomic mass is 10.2. The summed E-state index contributed by atoms with van der Waals surface area (Å²) in [6.45, 7) is 0.258. The van der Waals surface area contributed by atoms with E-state index in [1.807, 2.05) is 0 Å². The lowest BCUT2D eigenvalue weighted by Crippen LogP contribution is -2.24. The van der Waals surface area contributed by atoms with E-state index in [-0.39, 0.29) is 29.9 Å². The third kappa shape index (κ3) is 4.92. The molecule has 6 nitrogen and oxygen atoms in total. The molecule has 3 aromatic rings. The fourth-order valence-corrected chi connectivity index (χ4v) is 2.49. The molecule has 0 spiro atoms. The second-order valence-electron chi connectivity index (χ2n) is 5.54. The number of aromatic nitrogens is 2. The fraction of sp³-hybridized carbons (Fsp3) is 0.105. The number of ether oxygens (including phenoxy) is 1. The zero-order valence-corrected chi connectivity index (χ0v) is 15.1. The highest BCUT2D eigenvalue weighted by molar-refractivity contribution is 6.31. The molecule has 27 heavy (non-hydrogen) atoms. The van der Waals surface area contributed by atoms with Crippen LogP contribution in [-0.4, -0.2) is 23.0 Å². The van der Waals surface area contributed by atoms with Crippen molar-refractivity contribution in [3.05, 3.63) is 76.8 Å². The van der Waals surface area contributed by atoms with Crippen molar-refractivity contribution in [3.8, 4) is 5.75 Å². The van der Waals surface area contributed by atoms with Gasteiger partial charge < -0.3 is 15.4 Å². The SMILES string of the molecule is COc1ccc(Cl)cc1Nc1nccc(C(=O)NCc2ccc(F)cc2)n1. The van der Waals surface area contributed by atoms with Crippen LogP contribution in [0.15, 0.2) is 54.7 Å². The van der Waals surface area contributed by atoms with E-state index in [0.29, 0.717) is 16.5 Å². The molecule has 0 aliphatic carbocycles. The minimum atomic E-state index is -0.372. The highest BCUT2D eigenvalue weighted by atomic mass is 35.5. The fourth-order valence-electron chi connectivity index (χ4n) is 2.32. The summed E-state index contributed by atoms with van der Waals surface area (Å²) in [5.41, 5.74) is 1.55. The van der Waals surface area contributed by atoms with E-state index in [2.05, 4.69) is 20.6 Å². The number of carbonyl (C=O) groups excluding carboxylic acids is 1. The maximum atomic E-state index is 12.9. The van der Waals surface area contributed by atoms with E-state index < -0.39 is 0 Å². The third-order valence-electron chi connectivity index (χ3n) is 3.66. The molecule has 3 rings (SSSR count). The van der Waals surface area contributed by atoms with E-state index in [4.69, 9.17) is 16.3 Å². The van der Waals surface area contributed by atoms with E-state index in [0.717, 1.165) is 5.56 Å². The van der Waals surface area contributed by atoms with Gasteiger partial charge in [0.15, 0.2) is 0 Å². The van der Waals surface area contributed by atoms with Gasteiger partial charge in [0.05, 0.1) is 12.8 Å². The molecule has 1 aromatic heterocycles. The van der Waals surface area contributed by atoms with Crippen LogP contribution in [0.2, 0.25) is 5.02 Å². The summed E-state index contributed by atoms with van der Waals surface area (Å²) in [6.07, 6.45) is 1.47. The van der Waals surface area contributed by atoms with E-state index >= 15 is 0 Å². The highest BCUT2D eigenvalue weighted by Crippen LogP contribution is 2.29. The predicted octanol–water partition coefficient (Wildman–Crippen LogP) is 3.95. The van der Waals surface area contributed by atoms with Gasteiger partial charge in [0.1, 0.15) is 17.3 Å². The molecule has 0 saturated heterocycles. The summed E-state index contributed by atoms with van der Waals surface area (Å²) >= 11 is 6.01. The van der Waals surface area contributed by atoms with Gasteiger partial charge in [0.2, 0.25) is 5.95 Å². The van der Waals surface area contributed by atoms with Crippen LogP contribution in [0.4, 0.5) is 16.0 Å². The van der Waals surface area contributed by atoms with Crippen LogP contribution in [0, 0.1) is 5.82 Å². The molecule has 138 valence electrons. The molecule has 0 unspecified atom stereocenters. The van der Waals surface area contributed by atoms with Gasteiger partial charge in [0.25, 0.3) is 5.91 Å². The monoisotopic (exact) mass is 386 g/mol. The number of nitrogens with zero attached hydrogens (tertiary/aromatic N) is 2. The topological polar surface area (TPSA) is 76.1 Å². The molecule has 1 amide bonds. The zero-order valence-electron chi connectivity index (χ0n) is 14.4. The number of hydrogen-bond acceptors (Lipinski definition) is 5. The van der Waals surface area contributed by atoms with Gasteiger partial charge in [-0.1, -0.05) is 23.7 Å². The quantitative estimate of drug-likeness (QED) is 0.670. The molecule has 0 aliphatic rings. The Balaban J connectivity index is 1.70. The van der Waals surface area contributed by atoms with Gasteiger partial charge in [-0.15, -0.1) is 0 Å². The van der Waals surface area contributed by atoms with Crippen LogP contribution in [-0.2, 0) is 6.54 Å². The lowest BCUT2D eigenvalue weighted by molar-refractivity contribution is 0.0946. The number of hydrogen-bond donors (Lipinski definition) is 2. The van der Waals surface area contributed by atoms with E-state index in [1.165, 1.54) is 31.5 Å². The normalized spacial score (nSPS) is 10.3. The van der Waals surface area contributed by atoms with Crippen molar-refractivity contribution in [1.29, 1.82) is 0 Å². The second-order valence-corrected chi connectivity index (χ2v) is 5.98. The Labute approximate surface area is 160 Å². The van der Waals surface area contributed by atoms with Crippen LogP contribution in [0.1, 0.15) is 16.1 Å². The van der Waals surface area contributed by atoms with Crippen LogP contribution >= 0.6 is 11.6 Å². The first kappa shape index (κ1) is 18.6. The Morgan fingerprint density at radius 1 is 1.19 bits per heavy atom. The predicted molar refractivity (Wildman–Crippen MR) is 101 cm³/mol. The Morgan fingerprint density at radius 3 is 2.70 bits per heavy atom. The molecular weight excluding hydrogens is 371 g/mol. The minimum absolute atomic E-state index is 0.190. The van der Waals surface area contributed by atoms with Crippen LogP contribution < -0.4 is 15.4 Å². The van der Waals surface area contributed by atoms with E-state index in [1.54, 1.807) is 30.3 Å². The molecule has 8 heteroatoms. The standard InChI is InChI=1S/C19H16ClFN4O2/c1-27-17-7-4-13(20)10-16(17)25-19-22-9-8-15(24-19)18(26)23-11-12-2-5-14(21)6-3-12/h2-10H,11H2,1H3,(H,23,26)(H,22,24,25). The second kappa shape index (κ2) is 8.46. The number of carbonyl (C=O) groups is 1. The number of nitrogens with one attached hydrogen (secondary N) is 2. The Hall–Kier alpha value is -3.19. The van der Waals surface area contributed by atoms with Gasteiger partial charge in [-0.05, 0) is 42.0 Å². The highest BCUT2D eigenvalue weighted by Gasteiger charge is 2.11. The third-order valence-corrected chi connectivity index (χ3v) is 3.90. The molecule has 0 fully saturated rings.